The molecule has 0 spiro atoms. The van der Waals surface area contributed by atoms with E-state index in [1.807, 2.05) is 19.3 Å². The molecule has 1 aromatic rings. The minimum atomic E-state index is 0.262. The van der Waals surface area contributed by atoms with Gasteiger partial charge in [-0.05, 0) is 18.9 Å². The molecule has 1 fully saturated rings. The molecule has 0 radical (unpaired) electrons. The number of hydrogen-bond donors (Lipinski definition) is 2. The SMILES string of the molecule is Cn1ccc(CN(C/C(N)=N/O)C2CCCC2)n1. The summed E-state index contributed by atoms with van der Waals surface area (Å²) < 4.78 is 1.80. The van der Waals surface area contributed by atoms with Gasteiger partial charge in [-0.15, -0.1) is 0 Å². The normalized spacial score (nSPS) is 17.8. The standard InChI is InChI=1S/C12H21N5O/c1-16-7-6-10(14-16)8-17(9-12(13)15-18)11-4-2-3-5-11/h6-7,11,18H,2-5,8-9H2,1H3,(H2,13,15). The van der Waals surface area contributed by atoms with Crippen LogP contribution in [0.2, 0.25) is 0 Å². The summed E-state index contributed by atoms with van der Waals surface area (Å²) >= 11 is 0. The lowest BCUT2D eigenvalue weighted by Gasteiger charge is -2.27. The first kappa shape index (κ1) is 12.9. The number of nitrogens with two attached hydrogens (primary N) is 1. The van der Waals surface area contributed by atoms with E-state index in [0.29, 0.717) is 12.6 Å². The van der Waals surface area contributed by atoms with Crippen LogP contribution in [0, 0.1) is 0 Å². The van der Waals surface area contributed by atoms with E-state index in [0.717, 1.165) is 12.2 Å². The predicted octanol–water partition coefficient (Wildman–Crippen LogP) is 0.911. The van der Waals surface area contributed by atoms with Gasteiger partial charge in [-0.3, -0.25) is 9.58 Å². The van der Waals surface area contributed by atoms with Gasteiger partial charge in [-0.2, -0.15) is 5.10 Å². The highest BCUT2D eigenvalue weighted by molar-refractivity contribution is 5.81. The number of aryl methyl sites for hydroxylation is 1. The minimum absolute atomic E-state index is 0.262. The lowest BCUT2D eigenvalue weighted by atomic mass is 10.2. The number of oxime groups is 1. The molecule has 1 aliphatic carbocycles. The van der Waals surface area contributed by atoms with Crippen LogP contribution in [-0.2, 0) is 13.6 Å². The molecule has 2 rings (SSSR count). The topological polar surface area (TPSA) is 79.7 Å². The molecule has 0 aromatic carbocycles. The first-order chi connectivity index (χ1) is 8.69. The van der Waals surface area contributed by atoms with Crippen LogP contribution in [0.25, 0.3) is 0 Å². The van der Waals surface area contributed by atoms with E-state index in [1.165, 1.54) is 25.7 Å². The second kappa shape index (κ2) is 5.86. The van der Waals surface area contributed by atoms with Crippen molar-refractivity contribution in [2.24, 2.45) is 17.9 Å². The summed E-state index contributed by atoms with van der Waals surface area (Å²) in [6, 6.07) is 2.53. The van der Waals surface area contributed by atoms with Gasteiger partial charge in [0.15, 0.2) is 5.84 Å². The van der Waals surface area contributed by atoms with Crippen LogP contribution in [0.4, 0.5) is 0 Å². The third-order valence-electron chi connectivity index (χ3n) is 3.47. The highest BCUT2D eigenvalue weighted by Gasteiger charge is 2.24. The van der Waals surface area contributed by atoms with Gasteiger partial charge in [0.05, 0.1) is 12.2 Å². The summed E-state index contributed by atoms with van der Waals surface area (Å²) in [5, 5.41) is 16.2. The summed E-state index contributed by atoms with van der Waals surface area (Å²) in [6.07, 6.45) is 6.84. The van der Waals surface area contributed by atoms with Gasteiger partial charge in [0, 0.05) is 25.8 Å². The maximum Gasteiger partial charge on any atom is 0.153 e. The van der Waals surface area contributed by atoms with E-state index in [1.54, 1.807) is 4.68 Å². The van der Waals surface area contributed by atoms with E-state index in [4.69, 9.17) is 10.9 Å². The summed E-state index contributed by atoms with van der Waals surface area (Å²) in [5.74, 6) is 0.262. The molecule has 18 heavy (non-hydrogen) atoms. The van der Waals surface area contributed by atoms with E-state index >= 15 is 0 Å². The van der Waals surface area contributed by atoms with Crippen molar-refractivity contribution < 1.29 is 5.21 Å². The number of hydrogen-bond acceptors (Lipinski definition) is 4. The van der Waals surface area contributed by atoms with Crippen molar-refractivity contribution in [2.45, 2.75) is 38.3 Å². The highest BCUT2D eigenvalue weighted by atomic mass is 16.4. The van der Waals surface area contributed by atoms with Gasteiger partial charge in [0.25, 0.3) is 0 Å². The van der Waals surface area contributed by atoms with Crippen LogP contribution < -0.4 is 5.73 Å². The third kappa shape index (κ3) is 3.22. The van der Waals surface area contributed by atoms with Crippen LogP contribution in [-0.4, -0.2) is 38.3 Å². The Morgan fingerprint density at radius 1 is 1.61 bits per heavy atom. The van der Waals surface area contributed by atoms with Gasteiger partial charge in [0.1, 0.15) is 0 Å². The molecule has 0 amide bonds. The fourth-order valence-electron chi connectivity index (χ4n) is 2.58. The maximum atomic E-state index is 8.71. The first-order valence-corrected chi connectivity index (χ1v) is 6.38. The lowest BCUT2D eigenvalue weighted by molar-refractivity contribution is 0.211. The minimum Gasteiger partial charge on any atom is -0.409 e. The second-order valence-corrected chi connectivity index (χ2v) is 4.92. The molecule has 0 unspecified atom stereocenters. The molecule has 1 heterocycles. The summed E-state index contributed by atoms with van der Waals surface area (Å²) in [5.41, 5.74) is 6.66. The Balaban J connectivity index is 2.03. The van der Waals surface area contributed by atoms with Crippen LogP contribution in [0.3, 0.4) is 0 Å². The van der Waals surface area contributed by atoms with Gasteiger partial charge in [-0.25, -0.2) is 0 Å². The van der Waals surface area contributed by atoms with Crippen LogP contribution in [0.1, 0.15) is 31.4 Å². The van der Waals surface area contributed by atoms with E-state index in [2.05, 4.69) is 15.2 Å². The molecule has 1 aliphatic rings. The Morgan fingerprint density at radius 2 is 2.33 bits per heavy atom. The maximum absolute atomic E-state index is 8.71. The Labute approximate surface area is 107 Å². The Kier molecular flexibility index (Phi) is 4.19. The Morgan fingerprint density at radius 3 is 2.89 bits per heavy atom. The summed E-state index contributed by atoms with van der Waals surface area (Å²) in [7, 11) is 1.91. The van der Waals surface area contributed by atoms with Gasteiger partial charge in [0.2, 0.25) is 0 Å². The lowest BCUT2D eigenvalue weighted by Crippen LogP contribution is -2.39. The first-order valence-electron chi connectivity index (χ1n) is 6.38. The molecule has 1 aromatic heterocycles. The van der Waals surface area contributed by atoms with Crippen molar-refractivity contribution in [3.05, 3.63) is 18.0 Å². The van der Waals surface area contributed by atoms with Crippen molar-refractivity contribution in [3.63, 3.8) is 0 Å². The van der Waals surface area contributed by atoms with Crippen molar-refractivity contribution in [2.75, 3.05) is 6.54 Å². The van der Waals surface area contributed by atoms with Gasteiger partial charge in [-0.1, -0.05) is 18.0 Å². The average Bonchev–Trinajstić information content (AvgIpc) is 2.99. The molecule has 0 aliphatic heterocycles. The van der Waals surface area contributed by atoms with Crippen LogP contribution >= 0.6 is 0 Å². The number of nitrogens with zero attached hydrogens (tertiary/aromatic N) is 4. The number of amidine groups is 1. The van der Waals surface area contributed by atoms with Crippen molar-refractivity contribution in [3.8, 4) is 0 Å². The molecule has 0 atom stereocenters. The summed E-state index contributed by atoms with van der Waals surface area (Å²) in [4.78, 5) is 2.25. The van der Waals surface area contributed by atoms with E-state index < -0.39 is 0 Å². The van der Waals surface area contributed by atoms with Gasteiger partial charge >= 0.3 is 0 Å². The van der Waals surface area contributed by atoms with Crippen LogP contribution in [0.15, 0.2) is 17.4 Å². The highest BCUT2D eigenvalue weighted by Crippen LogP contribution is 2.24. The number of rotatable bonds is 5. The largest absolute Gasteiger partial charge is 0.409 e. The molecule has 6 nitrogen and oxygen atoms in total. The average molecular weight is 251 g/mol. The third-order valence-corrected chi connectivity index (χ3v) is 3.47. The predicted molar refractivity (Wildman–Crippen MR) is 69.3 cm³/mol. The van der Waals surface area contributed by atoms with E-state index in [9.17, 15) is 0 Å². The van der Waals surface area contributed by atoms with E-state index in [-0.39, 0.29) is 5.84 Å². The molecular formula is C12H21N5O. The fourth-order valence-corrected chi connectivity index (χ4v) is 2.58. The fraction of sp³-hybridized carbons (Fsp3) is 0.667. The van der Waals surface area contributed by atoms with Gasteiger partial charge < -0.3 is 10.9 Å². The smallest absolute Gasteiger partial charge is 0.153 e. The zero-order valence-electron chi connectivity index (χ0n) is 10.8. The Bertz CT molecular complexity index is 408. The molecule has 0 bridgehead atoms. The quantitative estimate of drug-likeness (QED) is 0.353. The Hall–Kier alpha value is -1.56. The monoisotopic (exact) mass is 251 g/mol. The van der Waals surface area contributed by atoms with Crippen molar-refractivity contribution in [1.29, 1.82) is 0 Å². The number of aromatic nitrogens is 2. The molecular weight excluding hydrogens is 230 g/mol. The van der Waals surface area contributed by atoms with Crippen molar-refractivity contribution in [1.82, 2.24) is 14.7 Å². The molecule has 1 saturated carbocycles. The summed E-state index contributed by atoms with van der Waals surface area (Å²) in [6.45, 7) is 1.25. The molecule has 0 saturated heterocycles. The second-order valence-electron chi connectivity index (χ2n) is 4.92. The zero-order chi connectivity index (χ0) is 13.0. The van der Waals surface area contributed by atoms with Crippen LogP contribution in [0.5, 0.6) is 0 Å². The molecule has 6 heteroatoms. The molecule has 100 valence electrons. The molecule has 3 N–H and O–H groups in total. The zero-order valence-corrected chi connectivity index (χ0v) is 10.8. The van der Waals surface area contributed by atoms with Crippen molar-refractivity contribution >= 4 is 5.84 Å².